The number of rotatable bonds is 4. The number of fused-ring (bicyclic) bond motifs is 2. The first-order valence-electron chi connectivity index (χ1n) is 20.7. The highest BCUT2D eigenvalue weighted by molar-refractivity contribution is 6.06. The molecular weight excluding hydrogens is 706 g/mol. The number of methoxy groups -OCH3 is 1. The lowest BCUT2D eigenvalue weighted by molar-refractivity contribution is -0.342. The van der Waals surface area contributed by atoms with E-state index in [0.717, 1.165) is 24.8 Å². The number of oxime groups is 1. The van der Waals surface area contributed by atoms with Crippen molar-refractivity contribution in [3.05, 3.63) is 47.1 Å². The van der Waals surface area contributed by atoms with Crippen molar-refractivity contribution in [2.45, 2.75) is 172 Å². The maximum atomic E-state index is 14.4. The second-order valence-electron chi connectivity index (χ2n) is 17.4. The van der Waals surface area contributed by atoms with Crippen LogP contribution in [0.25, 0.3) is 0 Å². The quantitative estimate of drug-likeness (QED) is 0.132. The molecule has 0 radical (unpaired) electrons. The average Bonchev–Trinajstić information content (AvgIpc) is 3.50. The molecule has 3 N–H and O–H groups in total. The first kappa shape index (κ1) is 40.8. The molecule has 5 aliphatic heterocycles. The predicted molar refractivity (Wildman–Crippen MR) is 203 cm³/mol. The number of hydrogen-bond acceptors (Lipinski definition) is 12. The fourth-order valence-electron chi connectivity index (χ4n) is 10.4. The van der Waals surface area contributed by atoms with Crippen molar-refractivity contribution < 1.29 is 53.4 Å². The van der Waals surface area contributed by atoms with Gasteiger partial charge in [-0.15, -0.1) is 0 Å². The normalized spacial score (nSPS) is 47.9. The molecule has 7 aliphatic rings. The molecule has 306 valence electrons. The van der Waals surface area contributed by atoms with E-state index in [9.17, 15) is 20.2 Å². The fourth-order valence-corrected chi connectivity index (χ4v) is 10.4. The number of allylic oxidation sites excluding steroid dienone is 2. The lowest BCUT2D eigenvalue weighted by Crippen LogP contribution is -2.57. The van der Waals surface area contributed by atoms with Gasteiger partial charge in [0.15, 0.2) is 12.1 Å². The Morgan fingerprint density at radius 3 is 2.55 bits per heavy atom. The number of aliphatic hydroxyl groups is 2. The summed E-state index contributed by atoms with van der Waals surface area (Å²) >= 11 is 0. The predicted octanol–water partition coefficient (Wildman–Crippen LogP) is 6.07. The van der Waals surface area contributed by atoms with Gasteiger partial charge in [-0.1, -0.05) is 68.6 Å². The van der Waals surface area contributed by atoms with Crippen LogP contribution in [0.5, 0.6) is 0 Å². The summed E-state index contributed by atoms with van der Waals surface area (Å²) in [5.74, 6) is -1.83. The summed E-state index contributed by atoms with van der Waals surface area (Å²) in [6.07, 6.45) is 14.4. The maximum Gasteiger partial charge on any atom is 0.316 e. The zero-order chi connectivity index (χ0) is 39.1. The van der Waals surface area contributed by atoms with Crippen molar-refractivity contribution in [2.75, 3.05) is 13.7 Å². The van der Waals surface area contributed by atoms with Crippen molar-refractivity contribution in [2.24, 2.45) is 28.8 Å². The van der Waals surface area contributed by atoms with E-state index >= 15 is 0 Å². The monoisotopic (exact) mass is 769 g/mol. The summed E-state index contributed by atoms with van der Waals surface area (Å²) in [6, 6.07) is 0. The Labute approximate surface area is 325 Å². The van der Waals surface area contributed by atoms with E-state index in [0.29, 0.717) is 55.1 Å². The Morgan fingerprint density at radius 1 is 1.02 bits per heavy atom. The molecule has 1 spiro atoms. The Morgan fingerprint density at radius 2 is 1.80 bits per heavy atom. The largest absolute Gasteiger partial charge is 0.462 e. The number of nitrogens with zero attached hydrogens (tertiary/aromatic N) is 1. The molecule has 1 saturated carbocycles. The van der Waals surface area contributed by atoms with Crippen molar-refractivity contribution in [3.8, 4) is 0 Å². The molecular formula is C43H63NO11. The number of carbonyl (C=O) groups is 1. The minimum atomic E-state index is -1.83. The van der Waals surface area contributed by atoms with E-state index in [1.54, 1.807) is 26.2 Å². The van der Waals surface area contributed by atoms with Gasteiger partial charge in [-0.25, -0.2) is 0 Å². The van der Waals surface area contributed by atoms with E-state index in [-0.39, 0.29) is 30.4 Å². The lowest BCUT2D eigenvalue weighted by atomic mass is 9.71. The van der Waals surface area contributed by atoms with Gasteiger partial charge in [-0.3, -0.25) is 4.79 Å². The van der Waals surface area contributed by atoms with Gasteiger partial charge in [0.05, 0.1) is 37.1 Å². The van der Waals surface area contributed by atoms with E-state index in [2.05, 4.69) is 32.0 Å². The van der Waals surface area contributed by atoms with Gasteiger partial charge in [0.25, 0.3) is 0 Å². The van der Waals surface area contributed by atoms with Crippen LogP contribution in [-0.4, -0.2) is 107 Å². The van der Waals surface area contributed by atoms with Crippen LogP contribution >= 0.6 is 0 Å². The van der Waals surface area contributed by atoms with Gasteiger partial charge in [0, 0.05) is 38.7 Å². The Balaban J connectivity index is 1.25. The molecule has 12 nitrogen and oxygen atoms in total. The average molecular weight is 770 g/mol. The molecule has 7 rings (SSSR count). The number of esters is 1. The molecule has 4 saturated heterocycles. The number of ether oxygens (including phenoxy) is 7. The summed E-state index contributed by atoms with van der Waals surface area (Å²) in [4.78, 5) is 14.4. The molecule has 0 aromatic rings. The molecule has 55 heavy (non-hydrogen) atoms. The summed E-state index contributed by atoms with van der Waals surface area (Å²) in [5, 5.41) is 36.7. The van der Waals surface area contributed by atoms with Crippen molar-refractivity contribution >= 4 is 11.7 Å². The fraction of sp³-hybridized carbons (Fsp3) is 0.767. The zero-order valence-corrected chi connectivity index (χ0v) is 33.4. The summed E-state index contributed by atoms with van der Waals surface area (Å²) in [7, 11) is 1.59. The Bertz CT molecular complexity index is 1550. The maximum absolute atomic E-state index is 14.4. The van der Waals surface area contributed by atoms with Gasteiger partial charge >= 0.3 is 5.97 Å². The summed E-state index contributed by atoms with van der Waals surface area (Å²) in [5.41, 5.74) is 0.362. The first-order valence-corrected chi connectivity index (χ1v) is 20.7. The highest BCUT2D eigenvalue weighted by atomic mass is 16.7. The molecule has 0 amide bonds. The minimum Gasteiger partial charge on any atom is -0.462 e. The SMILES string of the molecule is CO[C@H]1C[C@H](O[C@@H]2/C(C)=C/C[C@@H]3C[C@@H](C[C@]4(CC[C@H](C)[C@@H](C5CCCCC5)O4)O3)OC(=O)[C@@H]3C=C(C)/C(=N/O)[C@H]4OC/C(=C\C=C\[C@@H]2C)[C@]43O)O[C@@H](C)[C@@H]1O. The molecule has 0 aromatic heterocycles. The Hall–Kier alpha value is -2.42. The number of aliphatic hydroxyl groups excluding tert-OH is 1. The van der Waals surface area contributed by atoms with Crippen LogP contribution in [0.4, 0.5) is 0 Å². The van der Waals surface area contributed by atoms with Crippen LogP contribution in [0.1, 0.15) is 105 Å². The third-order valence-electron chi connectivity index (χ3n) is 13.6. The van der Waals surface area contributed by atoms with Gasteiger partial charge < -0.3 is 48.6 Å². The molecule has 5 heterocycles. The van der Waals surface area contributed by atoms with Crippen molar-refractivity contribution in [1.29, 1.82) is 0 Å². The van der Waals surface area contributed by atoms with Gasteiger partial charge in [-0.2, -0.15) is 0 Å². The van der Waals surface area contributed by atoms with E-state index in [1.807, 2.05) is 19.1 Å². The molecule has 5 fully saturated rings. The molecule has 0 aromatic carbocycles. The van der Waals surface area contributed by atoms with E-state index in [4.69, 9.17) is 33.2 Å². The minimum absolute atomic E-state index is 0.0359. The molecule has 14 atom stereocenters. The van der Waals surface area contributed by atoms with Gasteiger partial charge in [-0.05, 0) is 75.0 Å². The van der Waals surface area contributed by atoms with Crippen LogP contribution in [0.2, 0.25) is 0 Å². The van der Waals surface area contributed by atoms with E-state index in [1.165, 1.54) is 19.3 Å². The summed E-state index contributed by atoms with van der Waals surface area (Å²) < 4.78 is 45.1. The van der Waals surface area contributed by atoms with Gasteiger partial charge in [0.1, 0.15) is 35.5 Å². The standard InChI is InChI=1S/C43H63NO11/c1-24-11-10-14-30-23-50-40-36(44-48)27(4)19-33(43(30,40)47)41(46)52-32-20-31(16-15-25(2)38(24)53-35-21-34(49-6)37(45)28(5)51-35)54-42(22-32)18-17-26(3)39(55-42)29-12-8-7-9-13-29/h10-11,14-15,19,24,26,28-29,31-35,37-40,45,47-48H,7-9,12-13,16-18,20-23H2,1-6H3/b11-10+,25-15+,30-14+,44-36-/t24-,26-,28-,31+,32-,33-,34-,35-,37-,38-,39-,40+,42+,43+/m0/s1. The first-order chi connectivity index (χ1) is 26.4. The molecule has 2 aliphatic carbocycles. The molecule has 2 bridgehead atoms. The van der Waals surface area contributed by atoms with Crippen molar-refractivity contribution in [3.63, 3.8) is 0 Å². The smallest absolute Gasteiger partial charge is 0.316 e. The third kappa shape index (κ3) is 8.17. The van der Waals surface area contributed by atoms with Crippen LogP contribution in [0.15, 0.2) is 52.3 Å². The van der Waals surface area contributed by atoms with Crippen LogP contribution in [-0.2, 0) is 38.0 Å². The topological polar surface area (TPSA) is 155 Å². The third-order valence-corrected chi connectivity index (χ3v) is 13.6. The second kappa shape index (κ2) is 16.8. The second-order valence-corrected chi connectivity index (χ2v) is 17.4. The number of hydrogen-bond donors (Lipinski definition) is 3. The van der Waals surface area contributed by atoms with Crippen LogP contribution in [0.3, 0.4) is 0 Å². The highest BCUT2D eigenvalue weighted by Crippen LogP contribution is 2.48. The highest BCUT2D eigenvalue weighted by Gasteiger charge is 2.60. The number of carbonyl (C=O) groups excluding carboxylic acids is 1. The lowest BCUT2D eigenvalue weighted by Gasteiger charge is -2.51. The van der Waals surface area contributed by atoms with Gasteiger partial charge in [0.2, 0.25) is 0 Å². The summed E-state index contributed by atoms with van der Waals surface area (Å²) in [6.45, 7) is 10.0. The van der Waals surface area contributed by atoms with Crippen molar-refractivity contribution in [1.82, 2.24) is 0 Å². The van der Waals surface area contributed by atoms with Crippen LogP contribution in [0, 0.1) is 23.7 Å². The van der Waals surface area contributed by atoms with Crippen LogP contribution < -0.4 is 0 Å². The zero-order valence-electron chi connectivity index (χ0n) is 33.4. The molecule has 12 heteroatoms. The Kier molecular flexibility index (Phi) is 12.5. The van der Waals surface area contributed by atoms with E-state index < -0.39 is 66.2 Å². The molecule has 0 unspecified atom stereocenters.